The van der Waals surface area contributed by atoms with Gasteiger partial charge in [0.15, 0.2) is 5.16 Å². The van der Waals surface area contributed by atoms with Gasteiger partial charge in [-0.25, -0.2) is 0 Å². The Bertz CT molecular complexity index is 789. The predicted molar refractivity (Wildman–Crippen MR) is 95.2 cm³/mol. The number of fused-ring (bicyclic) bond motifs is 1. The lowest BCUT2D eigenvalue weighted by atomic mass is 10.1. The summed E-state index contributed by atoms with van der Waals surface area (Å²) >= 11 is 2.91. The quantitative estimate of drug-likeness (QED) is 0.668. The monoisotopic (exact) mass is 361 g/mol. The van der Waals surface area contributed by atoms with Crippen LogP contribution >= 0.6 is 23.1 Å². The normalized spacial score (nSPS) is 15.2. The first-order valence-electron chi connectivity index (χ1n) is 7.96. The highest BCUT2D eigenvalue weighted by molar-refractivity contribution is 8.00. The molecular formula is C16H19N5OS2. The van der Waals surface area contributed by atoms with Gasteiger partial charge < -0.3 is 9.88 Å². The molecule has 24 heavy (non-hydrogen) atoms. The van der Waals surface area contributed by atoms with Crippen LogP contribution in [0.3, 0.4) is 0 Å². The lowest BCUT2D eigenvalue weighted by molar-refractivity contribution is -0.115. The molecule has 0 saturated carbocycles. The number of hydrogen-bond acceptors (Lipinski definition) is 6. The molecule has 2 aromatic heterocycles. The Balaban J connectivity index is 1.74. The number of thioether (sulfide) groups is 1. The molecule has 8 heteroatoms. The van der Waals surface area contributed by atoms with E-state index in [-0.39, 0.29) is 11.2 Å². The Hall–Kier alpha value is -1.85. The average molecular weight is 361 g/mol. The highest BCUT2D eigenvalue weighted by Gasteiger charge is 2.23. The van der Waals surface area contributed by atoms with E-state index in [0.29, 0.717) is 15.7 Å². The lowest BCUT2D eigenvalue weighted by Crippen LogP contribution is -2.22. The Morgan fingerprint density at radius 2 is 2.25 bits per heavy atom. The van der Waals surface area contributed by atoms with Gasteiger partial charge in [0.25, 0.3) is 0 Å². The summed E-state index contributed by atoms with van der Waals surface area (Å²) in [6.07, 6.45) is 7.03. The Morgan fingerprint density at radius 3 is 2.96 bits per heavy atom. The molecule has 0 radical (unpaired) electrons. The van der Waals surface area contributed by atoms with Crippen molar-refractivity contribution in [1.82, 2.24) is 14.8 Å². The number of carbonyl (C=O) groups is 1. The highest BCUT2D eigenvalue weighted by Crippen LogP contribution is 2.37. The van der Waals surface area contributed by atoms with Crippen molar-refractivity contribution in [2.24, 2.45) is 7.05 Å². The Morgan fingerprint density at radius 1 is 1.46 bits per heavy atom. The van der Waals surface area contributed by atoms with Gasteiger partial charge in [-0.15, -0.1) is 21.5 Å². The van der Waals surface area contributed by atoms with E-state index in [1.165, 1.54) is 23.1 Å². The van der Waals surface area contributed by atoms with Crippen LogP contribution in [0.5, 0.6) is 0 Å². The fourth-order valence-corrected chi connectivity index (χ4v) is 4.79. The van der Waals surface area contributed by atoms with Crippen LogP contribution in [0, 0.1) is 11.3 Å². The van der Waals surface area contributed by atoms with E-state index in [1.54, 1.807) is 22.2 Å². The third kappa shape index (κ3) is 3.47. The summed E-state index contributed by atoms with van der Waals surface area (Å²) in [5.41, 5.74) is 1.80. The molecule has 2 aromatic rings. The van der Waals surface area contributed by atoms with Crippen LogP contribution in [0.4, 0.5) is 5.00 Å². The summed E-state index contributed by atoms with van der Waals surface area (Å²) in [5, 5.41) is 21.4. The zero-order valence-corrected chi connectivity index (χ0v) is 15.3. The van der Waals surface area contributed by atoms with Gasteiger partial charge in [-0.3, -0.25) is 4.79 Å². The minimum absolute atomic E-state index is 0.115. The Labute approximate surface area is 149 Å². The molecule has 1 amide bonds. The smallest absolute Gasteiger partial charge is 0.238 e. The summed E-state index contributed by atoms with van der Waals surface area (Å²) in [6, 6.07) is 2.29. The van der Waals surface area contributed by atoms with Gasteiger partial charge in [-0.2, -0.15) is 5.26 Å². The first-order chi connectivity index (χ1) is 11.6. The fraction of sp³-hybridized carbons (Fsp3) is 0.500. The number of aryl methyl sites for hydroxylation is 2. The number of carbonyl (C=O) groups excluding carboxylic acids is 1. The van der Waals surface area contributed by atoms with Crippen LogP contribution in [-0.2, 0) is 24.7 Å². The first-order valence-corrected chi connectivity index (χ1v) is 9.66. The number of nitrogens with one attached hydrogen (secondary N) is 1. The molecule has 0 fully saturated rings. The average Bonchev–Trinajstić information content (AvgIpc) is 3.02. The second kappa shape index (κ2) is 7.36. The number of anilines is 1. The fourth-order valence-electron chi connectivity index (χ4n) is 2.75. The van der Waals surface area contributed by atoms with Crippen LogP contribution < -0.4 is 5.32 Å². The summed E-state index contributed by atoms with van der Waals surface area (Å²) in [7, 11) is 1.84. The maximum Gasteiger partial charge on any atom is 0.238 e. The second-order valence-electron chi connectivity index (χ2n) is 5.85. The minimum atomic E-state index is -0.318. The van der Waals surface area contributed by atoms with Gasteiger partial charge in [0.1, 0.15) is 17.4 Å². The first kappa shape index (κ1) is 17.0. The van der Waals surface area contributed by atoms with Crippen LogP contribution in [0.15, 0.2) is 11.5 Å². The number of aromatic nitrogens is 3. The number of amides is 1. The number of nitrogens with zero attached hydrogens (tertiary/aromatic N) is 4. The van der Waals surface area contributed by atoms with E-state index in [0.717, 1.165) is 31.2 Å². The van der Waals surface area contributed by atoms with Crippen LogP contribution in [0.2, 0.25) is 0 Å². The van der Waals surface area contributed by atoms with E-state index in [4.69, 9.17) is 0 Å². The number of thiophene rings is 1. The number of hydrogen-bond donors (Lipinski definition) is 1. The van der Waals surface area contributed by atoms with Crippen molar-refractivity contribution in [3.05, 3.63) is 22.3 Å². The van der Waals surface area contributed by atoms with Gasteiger partial charge in [0.2, 0.25) is 5.91 Å². The van der Waals surface area contributed by atoms with Crippen LogP contribution in [0.25, 0.3) is 0 Å². The predicted octanol–water partition coefficient (Wildman–Crippen LogP) is 3.14. The summed E-state index contributed by atoms with van der Waals surface area (Å²) in [4.78, 5) is 13.8. The van der Waals surface area contributed by atoms with E-state index in [2.05, 4.69) is 21.6 Å². The summed E-state index contributed by atoms with van der Waals surface area (Å²) in [6.45, 7) is 1.83. The van der Waals surface area contributed by atoms with Gasteiger partial charge in [0.05, 0.1) is 10.8 Å². The molecule has 1 atom stereocenters. The van der Waals surface area contributed by atoms with E-state index >= 15 is 0 Å². The molecule has 0 saturated heterocycles. The van der Waals surface area contributed by atoms with E-state index in [9.17, 15) is 10.1 Å². The van der Waals surface area contributed by atoms with Crippen molar-refractivity contribution < 1.29 is 4.79 Å². The zero-order chi connectivity index (χ0) is 17.1. The maximum atomic E-state index is 12.5. The van der Waals surface area contributed by atoms with Crippen molar-refractivity contribution in [3.63, 3.8) is 0 Å². The molecule has 1 N–H and O–H groups in total. The standard InChI is InChI=1S/C16H19N5OS2/c1-10(23-16-20-18-9-21(16)2)14(22)19-15-12(8-17)11-6-4-3-5-7-13(11)24-15/h9-10H,3-7H2,1-2H3,(H,19,22)/t10-/m0/s1. The molecular weight excluding hydrogens is 342 g/mol. The number of rotatable bonds is 4. The third-order valence-electron chi connectivity index (χ3n) is 4.09. The van der Waals surface area contributed by atoms with Gasteiger partial charge >= 0.3 is 0 Å². The topological polar surface area (TPSA) is 83.6 Å². The van der Waals surface area contributed by atoms with Gasteiger partial charge in [-0.05, 0) is 38.2 Å². The Kier molecular flexibility index (Phi) is 5.21. The zero-order valence-electron chi connectivity index (χ0n) is 13.7. The number of nitriles is 1. The molecule has 0 spiro atoms. The lowest BCUT2D eigenvalue weighted by Gasteiger charge is -2.10. The maximum absolute atomic E-state index is 12.5. The minimum Gasteiger partial charge on any atom is -0.316 e. The van der Waals surface area contributed by atoms with E-state index in [1.807, 2.05) is 14.0 Å². The molecule has 126 valence electrons. The summed E-state index contributed by atoms with van der Waals surface area (Å²) < 4.78 is 1.78. The SMILES string of the molecule is C[C@H](Sc1nncn1C)C(=O)Nc1sc2c(c1C#N)CCCCC2. The molecule has 3 rings (SSSR count). The third-order valence-corrected chi connectivity index (χ3v) is 6.45. The molecule has 2 heterocycles. The molecule has 0 bridgehead atoms. The van der Waals surface area contributed by atoms with Crippen molar-refractivity contribution >= 4 is 34.0 Å². The van der Waals surface area contributed by atoms with Crippen molar-refractivity contribution in [2.45, 2.75) is 49.4 Å². The summed E-state index contributed by atoms with van der Waals surface area (Å²) in [5.74, 6) is -0.115. The molecule has 0 aromatic carbocycles. The molecule has 6 nitrogen and oxygen atoms in total. The van der Waals surface area contributed by atoms with Crippen molar-refractivity contribution in [3.8, 4) is 6.07 Å². The van der Waals surface area contributed by atoms with Crippen LogP contribution in [-0.4, -0.2) is 25.9 Å². The largest absolute Gasteiger partial charge is 0.316 e. The second-order valence-corrected chi connectivity index (χ2v) is 8.27. The van der Waals surface area contributed by atoms with Crippen molar-refractivity contribution in [1.29, 1.82) is 5.26 Å². The van der Waals surface area contributed by atoms with Gasteiger partial charge in [-0.1, -0.05) is 18.2 Å². The molecule has 1 aliphatic rings. The molecule has 1 aliphatic carbocycles. The molecule has 0 aliphatic heterocycles. The van der Waals surface area contributed by atoms with Gasteiger partial charge in [0, 0.05) is 11.9 Å². The van der Waals surface area contributed by atoms with Crippen LogP contribution in [0.1, 0.15) is 42.2 Å². The van der Waals surface area contributed by atoms with Crippen molar-refractivity contribution in [2.75, 3.05) is 5.32 Å². The molecule has 0 unspecified atom stereocenters. The highest BCUT2D eigenvalue weighted by atomic mass is 32.2. The van der Waals surface area contributed by atoms with E-state index < -0.39 is 0 Å².